The van der Waals surface area contributed by atoms with Crippen molar-refractivity contribution < 1.29 is 10.2 Å². The van der Waals surface area contributed by atoms with E-state index in [1.807, 2.05) is 20.8 Å². The van der Waals surface area contributed by atoms with Crippen LogP contribution in [-0.4, -0.2) is 22.9 Å². The van der Waals surface area contributed by atoms with Gasteiger partial charge in [0.05, 0.1) is 12.7 Å². The summed E-state index contributed by atoms with van der Waals surface area (Å²) >= 11 is 0. The van der Waals surface area contributed by atoms with Gasteiger partial charge in [-0.2, -0.15) is 0 Å². The van der Waals surface area contributed by atoms with Gasteiger partial charge in [-0.3, -0.25) is 0 Å². The van der Waals surface area contributed by atoms with Crippen molar-refractivity contribution in [3.63, 3.8) is 0 Å². The maximum atomic E-state index is 9.15. The molecule has 1 atom stereocenters. The molecule has 0 aliphatic heterocycles. The SMILES string of the molecule is C=C(C)C(C)(C)CC(O)CO. The van der Waals surface area contributed by atoms with Crippen LogP contribution in [0.25, 0.3) is 0 Å². The minimum atomic E-state index is -0.623. The highest BCUT2D eigenvalue weighted by molar-refractivity contribution is 5.03. The third-order valence-electron chi connectivity index (χ3n) is 2.11. The Morgan fingerprint density at radius 2 is 2.00 bits per heavy atom. The fourth-order valence-electron chi connectivity index (χ4n) is 0.828. The standard InChI is InChI=1S/C9H18O2/c1-7(2)9(3,4)5-8(11)6-10/h8,10-11H,1,5-6H2,2-4H3. The summed E-state index contributed by atoms with van der Waals surface area (Å²) in [4.78, 5) is 0. The molecule has 0 rings (SSSR count). The molecule has 66 valence electrons. The van der Waals surface area contributed by atoms with Crippen LogP contribution in [0.1, 0.15) is 27.2 Å². The van der Waals surface area contributed by atoms with Crippen LogP contribution in [-0.2, 0) is 0 Å². The summed E-state index contributed by atoms with van der Waals surface area (Å²) in [5.74, 6) is 0. The fraction of sp³-hybridized carbons (Fsp3) is 0.778. The molecule has 0 saturated heterocycles. The number of rotatable bonds is 4. The van der Waals surface area contributed by atoms with Gasteiger partial charge in [0.25, 0.3) is 0 Å². The van der Waals surface area contributed by atoms with Crippen molar-refractivity contribution in [3.05, 3.63) is 12.2 Å². The molecule has 0 aromatic rings. The number of hydrogen-bond acceptors (Lipinski definition) is 2. The van der Waals surface area contributed by atoms with Crippen molar-refractivity contribution in [1.82, 2.24) is 0 Å². The van der Waals surface area contributed by atoms with Crippen LogP contribution in [0.4, 0.5) is 0 Å². The van der Waals surface area contributed by atoms with Gasteiger partial charge in [0.15, 0.2) is 0 Å². The van der Waals surface area contributed by atoms with Crippen molar-refractivity contribution in [1.29, 1.82) is 0 Å². The van der Waals surface area contributed by atoms with E-state index in [-0.39, 0.29) is 12.0 Å². The highest BCUT2D eigenvalue weighted by Gasteiger charge is 2.22. The molecule has 2 nitrogen and oxygen atoms in total. The largest absolute Gasteiger partial charge is 0.394 e. The van der Waals surface area contributed by atoms with Crippen LogP contribution in [0.2, 0.25) is 0 Å². The Kier molecular flexibility index (Phi) is 3.76. The predicted octanol–water partition coefficient (Wildman–Crippen LogP) is 1.33. The van der Waals surface area contributed by atoms with E-state index in [4.69, 9.17) is 10.2 Å². The molecule has 0 aromatic heterocycles. The Hall–Kier alpha value is -0.340. The molecule has 0 amide bonds. The first kappa shape index (κ1) is 10.7. The van der Waals surface area contributed by atoms with Gasteiger partial charge >= 0.3 is 0 Å². The van der Waals surface area contributed by atoms with Crippen molar-refractivity contribution in [2.45, 2.75) is 33.3 Å². The number of hydrogen-bond donors (Lipinski definition) is 2. The van der Waals surface area contributed by atoms with Gasteiger partial charge in [0.1, 0.15) is 0 Å². The quantitative estimate of drug-likeness (QED) is 0.606. The van der Waals surface area contributed by atoms with E-state index >= 15 is 0 Å². The topological polar surface area (TPSA) is 40.5 Å². The molecule has 0 saturated carbocycles. The molecule has 2 heteroatoms. The first-order chi connectivity index (χ1) is 4.90. The molecule has 0 bridgehead atoms. The van der Waals surface area contributed by atoms with E-state index in [1.165, 1.54) is 0 Å². The Balaban J connectivity index is 4.01. The van der Waals surface area contributed by atoms with E-state index < -0.39 is 6.10 Å². The van der Waals surface area contributed by atoms with E-state index in [1.54, 1.807) is 0 Å². The summed E-state index contributed by atoms with van der Waals surface area (Å²) in [6, 6.07) is 0. The highest BCUT2D eigenvalue weighted by Crippen LogP contribution is 2.29. The van der Waals surface area contributed by atoms with Gasteiger partial charge in [-0.1, -0.05) is 26.0 Å². The number of aliphatic hydroxyl groups excluding tert-OH is 2. The Morgan fingerprint density at radius 3 is 2.27 bits per heavy atom. The van der Waals surface area contributed by atoms with E-state index in [0.717, 1.165) is 5.57 Å². The summed E-state index contributed by atoms with van der Waals surface area (Å²) in [6.07, 6.45) is -0.0551. The molecule has 11 heavy (non-hydrogen) atoms. The lowest BCUT2D eigenvalue weighted by molar-refractivity contribution is 0.0648. The lowest BCUT2D eigenvalue weighted by Crippen LogP contribution is -2.23. The monoisotopic (exact) mass is 158 g/mol. The second kappa shape index (κ2) is 3.88. The van der Waals surface area contributed by atoms with Gasteiger partial charge in [-0.25, -0.2) is 0 Å². The average Bonchev–Trinajstić information content (AvgIpc) is 1.86. The van der Waals surface area contributed by atoms with Crippen molar-refractivity contribution in [2.75, 3.05) is 6.61 Å². The molecule has 0 aliphatic carbocycles. The molecular weight excluding hydrogens is 140 g/mol. The summed E-state index contributed by atoms with van der Waals surface area (Å²) in [5, 5.41) is 17.8. The van der Waals surface area contributed by atoms with E-state index in [0.29, 0.717) is 6.42 Å². The average molecular weight is 158 g/mol. The van der Waals surface area contributed by atoms with Crippen LogP contribution in [0.5, 0.6) is 0 Å². The highest BCUT2D eigenvalue weighted by atomic mass is 16.3. The zero-order valence-electron chi connectivity index (χ0n) is 7.59. The third kappa shape index (κ3) is 3.54. The molecular formula is C9H18O2. The van der Waals surface area contributed by atoms with Crippen molar-refractivity contribution in [2.24, 2.45) is 5.41 Å². The minimum absolute atomic E-state index is 0.0812. The molecule has 0 aromatic carbocycles. The van der Waals surface area contributed by atoms with Gasteiger partial charge < -0.3 is 10.2 Å². The lowest BCUT2D eigenvalue weighted by atomic mass is 9.81. The Morgan fingerprint density at radius 1 is 1.55 bits per heavy atom. The zero-order chi connectivity index (χ0) is 9.07. The first-order valence-corrected chi connectivity index (χ1v) is 3.85. The van der Waals surface area contributed by atoms with Crippen molar-refractivity contribution >= 4 is 0 Å². The summed E-state index contributed by atoms with van der Waals surface area (Å²) in [6.45, 7) is 9.60. The number of aliphatic hydroxyl groups is 2. The second-order valence-electron chi connectivity index (χ2n) is 3.70. The molecule has 0 aliphatic rings. The van der Waals surface area contributed by atoms with Gasteiger partial charge in [-0.15, -0.1) is 0 Å². The van der Waals surface area contributed by atoms with Gasteiger partial charge in [0, 0.05) is 0 Å². The van der Waals surface area contributed by atoms with E-state index in [2.05, 4.69) is 6.58 Å². The molecule has 0 fully saturated rings. The van der Waals surface area contributed by atoms with Gasteiger partial charge in [0.2, 0.25) is 0 Å². The molecule has 0 radical (unpaired) electrons. The summed E-state index contributed by atoms with van der Waals surface area (Å²) in [5.41, 5.74) is 0.951. The number of allylic oxidation sites excluding steroid dienone is 1. The Labute approximate surface area is 68.6 Å². The normalized spacial score (nSPS) is 14.6. The predicted molar refractivity (Wildman–Crippen MR) is 46.3 cm³/mol. The second-order valence-corrected chi connectivity index (χ2v) is 3.70. The summed E-state index contributed by atoms with van der Waals surface area (Å²) < 4.78 is 0. The lowest BCUT2D eigenvalue weighted by Gasteiger charge is -2.27. The van der Waals surface area contributed by atoms with E-state index in [9.17, 15) is 0 Å². The minimum Gasteiger partial charge on any atom is -0.394 e. The van der Waals surface area contributed by atoms with Crippen LogP contribution in [0.15, 0.2) is 12.2 Å². The van der Waals surface area contributed by atoms with Crippen LogP contribution in [0.3, 0.4) is 0 Å². The maximum Gasteiger partial charge on any atom is 0.0779 e. The summed E-state index contributed by atoms with van der Waals surface area (Å²) in [7, 11) is 0. The smallest absolute Gasteiger partial charge is 0.0779 e. The van der Waals surface area contributed by atoms with Crippen LogP contribution < -0.4 is 0 Å². The van der Waals surface area contributed by atoms with Crippen LogP contribution in [0, 0.1) is 5.41 Å². The molecule has 0 spiro atoms. The van der Waals surface area contributed by atoms with Gasteiger partial charge in [-0.05, 0) is 18.8 Å². The molecule has 0 heterocycles. The first-order valence-electron chi connectivity index (χ1n) is 3.85. The third-order valence-corrected chi connectivity index (χ3v) is 2.11. The Bertz CT molecular complexity index is 138. The maximum absolute atomic E-state index is 9.15. The zero-order valence-corrected chi connectivity index (χ0v) is 7.59. The fourth-order valence-corrected chi connectivity index (χ4v) is 0.828. The van der Waals surface area contributed by atoms with Crippen LogP contribution >= 0.6 is 0 Å². The molecule has 2 N–H and O–H groups in total. The molecule has 1 unspecified atom stereocenters. The van der Waals surface area contributed by atoms with Crippen molar-refractivity contribution in [3.8, 4) is 0 Å².